The summed E-state index contributed by atoms with van der Waals surface area (Å²) in [5.74, 6) is 0. The first-order valence-corrected chi connectivity index (χ1v) is 5.42. The first kappa shape index (κ1) is 12.7. The van der Waals surface area contributed by atoms with E-state index in [1.807, 2.05) is 0 Å². The summed E-state index contributed by atoms with van der Waals surface area (Å²) in [7, 11) is 0. The summed E-state index contributed by atoms with van der Waals surface area (Å²) in [6.07, 6.45) is -0.0543. The van der Waals surface area contributed by atoms with Crippen LogP contribution in [-0.2, 0) is 4.74 Å². The van der Waals surface area contributed by atoms with Gasteiger partial charge < -0.3 is 9.84 Å². The van der Waals surface area contributed by atoms with Gasteiger partial charge in [0.2, 0.25) is 0 Å². The molecule has 8 heteroatoms. The van der Waals surface area contributed by atoms with Crippen molar-refractivity contribution < 1.29 is 9.84 Å². The predicted octanol–water partition coefficient (Wildman–Crippen LogP) is -0.659. The molecule has 0 amide bonds. The van der Waals surface area contributed by atoms with Gasteiger partial charge in [0.25, 0.3) is 5.56 Å². The second-order valence-corrected chi connectivity index (χ2v) is 4.50. The standard InChI is InChI=1S/C10H13N3O5/c1-10(16)4-6(5-11-17)18-8(10)13-3-2-7(14)12-9(13)15/h2-3,6,8,16H,4-5H2,1H3,(H,12,14,15)/t6-,8+,10?/m0/s1. The van der Waals surface area contributed by atoms with Gasteiger partial charge in [-0.1, -0.05) is 5.18 Å². The van der Waals surface area contributed by atoms with Crippen LogP contribution in [-0.4, -0.2) is 32.9 Å². The number of hydrogen-bond donors (Lipinski definition) is 2. The molecule has 1 saturated heterocycles. The molecule has 0 aromatic carbocycles. The molecule has 2 heterocycles. The van der Waals surface area contributed by atoms with Gasteiger partial charge in [-0.05, 0) is 6.92 Å². The number of nitroso groups, excluding NO2 is 1. The number of hydrogen-bond acceptors (Lipinski definition) is 6. The van der Waals surface area contributed by atoms with Crippen LogP contribution in [0.4, 0.5) is 0 Å². The number of aliphatic hydroxyl groups is 1. The molecule has 0 spiro atoms. The molecule has 1 unspecified atom stereocenters. The molecule has 0 aliphatic carbocycles. The summed E-state index contributed by atoms with van der Waals surface area (Å²) in [6.45, 7) is 1.41. The van der Waals surface area contributed by atoms with Crippen molar-refractivity contribution in [3.8, 4) is 0 Å². The van der Waals surface area contributed by atoms with Crippen LogP contribution in [0.3, 0.4) is 0 Å². The third-order valence-electron chi connectivity index (χ3n) is 2.88. The van der Waals surface area contributed by atoms with Gasteiger partial charge in [0.1, 0.15) is 12.1 Å². The Bertz CT molecular complexity index is 561. The molecule has 1 aliphatic heterocycles. The zero-order chi connectivity index (χ0) is 13.3. The van der Waals surface area contributed by atoms with Crippen molar-refractivity contribution in [1.29, 1.82) is 0 Å². The largest absolute Gasteiger partial charge is 0.385 e. The molecule has 8 nitrogen and oxygen atoms in total. The fraction of sp³-hybridized carbons (Fsp3) is 0.600. The zero-order valence-electron chi connectivity index (χ0n) is 9.70. The molecular weight excluding hydrogens is 242 g/mol. The number of aromatic nitrogens is 2. The molecule has 0 bridgehead atoms. The van der Waals surface area contributed by atoms with E-state index in [2.05, 4.69) is 10.2 Å². The molecule has 1 aromatic heterocycles. The molecular formula is C10H13N3O5. The number of ether oxygens (including phenoxy) is 1. The number of nitrogens with zero attached hydrogens (tertiary/aromatic N) is 2. The van der Waals surface area contributed by atoms with Crippen molar-refractivity contribution in [3.63, 3.8) is 0 Å². The number of nitrogens with one attached hydrogen (secondary N) is 1. The Hall–Kier alpha value is -1.80. The lowest BCUT2D eigenvalue weighted by atomic mass is 10.0. The summed E-state index contributed by atoms with van der Waals surface area (Å²) in [5.41, 5.74) is -2.51. The van der Waals surface area contributed by atoms with Gasteiger partial charge in [-0.3, -0.25) is 14.3 Å². The molecule has 1 aromatic rings. The first-order chi connectivity index (χ1) is 8.44. The van der Waals surface area contributed by atoms with Gasteiger partial charge in [0.15, 0.2) is 6.23 Å². The maximum atomic E-state index is 11.6. The fourth-order valence-electron chi connectivity index (χ4n) is 2.11. The summed E-state index contributed by atoms with van der Waals surface area (Å²) in [5, 5.41) is 12.9. The van der Waals surface area contributed by atoms with E-state index in [0.717, 1.165) is 10.6 Å². The molecule has 98 valence electrons. The highest BCUT2D eigenvalue weighted by Crippen LogP contribution is 2.36. The van der Waals surface area contributed by atoms with Gasteiger partial charge in [0, 0.05) is 18.7 Å². The summed E-state index contributed by atoms with van der Waals surface area (Å²) in [4.78, 5) is 34.8. The minimum atomic E-state index is -1.31. The maximum absolute atomic E-state index is 11.6. The quantitative estimate of drug-likeness (QED) is 0.696. The van der Waals surface area contributed by atoms with Crippen LogP contribution in [0.15, 0.2) is 27.0 Å². The third kappa shape index (κ3) is 2.24. The molecule has 0 saturated carbocycles. The highest BCUT2D eigenvalue weighted by atomic mass is 16.5. The van der Waals surface area contributed by atoms with Crippen molar-refractivity contribution in [2.75, 3.05) is 6.54 Å². The van der Waals surface area contributed by atoms with Crippen LogP contribution in [0, 0.1) is 4.91 Å². The van der Waals surface area contributed by atoms with Crippen molar-refractivity contribution >= 4 is 0 Å². The smallest absolute Gasteiger partial charge is 0.330 e. The van der Waals surface area contributed by atoms with Crippen LogP contribution < -0.4 is 11.2 Å². The lowest BCUT2D eigenvalue weighted by molar-refractivity contribution is -0.0823. The Morgan fingerprint density at radius 3 is 3.00 bits per heavy atom. The monoisotopic (exact) mass is 255 g/mol. The fourth-order valence-corrected chi connectivity index (χ4v) is 2.11. The molecule has 18 heavy (non-hydrogen) atoms. The van der Waals surface area contributed by atoms with Crippen LogP contribution in [0.25, 0.3) is 0 Å². The van der Waals surface area contributed by atoms with Crippen molar-refractivity contribution in [2.45, 2.75) is 31.3 Å². The number of H-pyrrole nitrogens is 1. The lowest BCUT2D eigenvalue weighted by Gasteiger charge is -2.24. The van der Waals surface area contributed by atoms with E-state index in [4.69, 9.17) is 4.74 Å². The molecule has 0 radical (unpaired) electrons. The predicted molar refractivity (Wildman–Crippen MR) is 61.1 cm³/mol. The van der Waals surface area contributed by atoms with Gasteiger partial charge in [-0.2, -0.15) is 4.91 Å². The number of rotatable bonds is 3. The molecule has 1 fully saturated rings. The van der Waals surface area contributed by atoms with E-state index >= 15 is 0 Å². The highest BCUT2D eigenvalue weighted by Gasteiger charge is 2.45. The van der Waals surface area contributed by atoms with Crippen LogP contribution >= 0.6 is 0 Å². The third-order valence-corrected chi connectivity index (χ3v) is 2.88. The van der Waals surface area contributed by atoms with Crippen molar-refractivity contribution in [3.05, 3.63) is 38.0 Å². The van der Waals surface area contributed by atoms with Crippen LogP contribution in [0.1, 0.15) is 19.6 Å². The summed E-state index contributed by atoms with van der Waals surface area (Å²) >= 11 is 0. The minimum Gasteiger partial charge on any atom is -0.385 e. The van der Waals surface area contributed by atoms with Crippen LogP contribution in [0.2, 0.25) is 0 Å². The second-order valence-electron chi connectivity index (χ2n) is 4.50. The topological polar surface area (TPSA) is 114 Å². The van der Waals surface area contributed by atoms with Crippen molar-refractivity contribution in [2.24, 2.45) is 5.18 Å². The summed E-state index contributed by atoms with van der Waals surface area (Å²) in [6, 6.07) is 1.16. The highest BCUT2D eigenvalue weighted by molar-refractivity contribution is 4.95. The van der Waals surface area contributed by atoms with Gasteiger partial charge in [-0.15, -0.1) is 0 Å². The minimum absolute atomic E-state index is 0.0925. The van der Waals surface area contributed by atoms with E-state index in [9.17, 15) is 19.6 Å². The van der Waals surface area contributed by atoms with Crippen molar-refractivity contribution in [1.82, 2.24) is 9.55 Å². The first-order valence-electron chi connectivity index (χ1n) is 5.42. The van der Waals surface area contributed by atoms with E-state index in [1.54, 1.807) is 0 Å². The van der Waals surface area contributed by atoms with Crippen LogP contribution in [0.5, 0.6) is 0 Å². The van der Waals surface area contributed by atoms with Gasteiger partial charge in [-0.25, -0.2) is 4.79 Å². The zero-order valence-corrected chi connectivity index (χ0v) is 9.70. The SMILES string of the molecule is CC1(O)C[C@@H](CN=O)O[C@H]1n1ccc(=O)[nH]c1=O. The van der Waals surface area contributed by atoms with Gasteiger partial charge in [0.05, 0.1) is 6.10 Å². The Labute approximate surface area is 101 Å². The van der Waals surface area contributed by atoms with E-state index in [1.165, 1.54) is 13.1 Å². The van der Waals surface area contributed by atoms with E-state index < -0.39 is 29.2 Å². The second kappa shape index (κ2) is 4.46. The molecule has 3 atom stereocenters. The Morgan fingerprint density at radius 1 is 1.67 bits per heavy atom. The summed E-state index contributed by atoms with van der Waals surface area (Å²) < 4.78 is 6.51. The number of aromatic amines is 1. The molecule has 2 rings (SSSR count). The Balaban J connectivity index is 2.35. The Morgan fingerprint density at radius 2 is 2.39 bits per heavy atom. The molecule has 2 N–H and O–H groups in total. The maximum Gasteiger partial charge on any atom is 0.330 e. The Kier molecular flexibility index (Phi) is 3.14. The van der Waals surface area contributed by atoms with Gasteiger partial charge >= 0.3 is 5.69 Å². The molecule has 1 aliphatic rings. The lowest BCUT2D eigenvalue weighted by Crippen LogP contribution is -2.40. The van der Waals surface area contributed by atoms with E-state index in [-0.39, 0.29) is 13.0 Å². The normalized spacial score (nSPS) is 31.4. The average molecular weight is 255 g/mol. The average Bonchev–Trinajstić information content (AvgIpc) is 2.54. The van der Waals surface area contributed by atoms with E-state index in [0.29, 0.717) is 0 Å².